The predicted octanol–water partition coefficient (Wildman–Crippen LogP) is 3.81. The Bertz CT molecular complexity index is 558. The van der Waals surface area contributed by atoms with Crippen molar-refractivity contribution < 1.29 is 8.78 Å². The Balaban J connectivity index is 2.38. The van der Waals surface area contributed by atoms with Crippen LogP contribution in [0.3, 0.4) is 0 Å². The van der Waals surface area contributed by atoms with E-state index in [9.17, 15) is 8.78 Å². The Morgan fingerprint density at radius 1 is 1.15 bits per heavy atom. The van der Waals surface area contributed by atoms with Gasteiger partial charge >= 0.3 is 0 Å². The molecule has 2 rings (SSSR count). The van der Waals surface area contributed by atoms with Gasteiger partial charge in [0, 0.05) is 29.9 Å². The number of halogens is 2. The molecule has 0 radical (unpaired) electrons. The highest BCUT2D eigenvalue weighted by atomic mass is 19.1. The normalized spacial score (nSPS) is 14.0. The molecule has 2 atom stereocenters. The summed E-state index contributed by atoms with van der Waals surface area (Å²) in [4.78, 5) is 3.98. The molecule has 2 unspecified atom stereocenters. The third-order valence-corrected chi connectivity index (χ3v) is 3.45. The molecule has 20 heavy (non-hydrogen) atoms. The maximum absolute atomic E-state index is 14.0. The average molecular weight is 276 g/mol. The monoisotopic (exact) mass is 276 g/mol. The molecular weight excluding hydrogens is 258 g/mol. The summed E-state index contributed by atoms with van der Waals surface area (Å²) in [7, 11) is 0. The van der Waals surface area contributed by atoms with Crippen molar-refractivity contribution in [1.29, 1.82) is 0 Å². The van der Waals surface area contributed by atoms with Crippen molar-refractivity contribution in [2.45, 2.75) is 25.8 Å². The molecule has 0 amide bonds. The van der Waals surface area contributed by atoms with E-state index in [0.717, 1.165) is 11.6 Å². The first-order valence-corrected chi connectivity index (χ1v) is 6.71. The van der Waals surface area contributed by atoms with Crippen molar-refractivity contribution >= 4 is 0 Å². The van der Waals surface area contributed by atoms with Gasteiger partial charge in [0.1, 0.15) is 11.6 Å². The molecule has 0 saturated carbocycles. The van der Waals surface area contributed by atoms with Crippen LogP contribution in [0.5, 0.6) is 0 Å². The van der Waals surface area contributed by atoms with Gasteiger partial charge in [-0.2, -0.15) is 0 Å². The summed E-state index contributed by atoms with van der Waals surface area (Å²) in [6.45, 7) is 4.62. The standard InChI is InChI=1S/C16H18F2N2/c1-3-20-16(11(2)12-6-8-19-9-7-12)14-10-13(17)4-5-15(14)18/h4-11,16,20H,3H2,1-2H3. The number of aromatic nitrogens is 1. The molecule has 4 heteroatoms. The Hall–Kier alpha value is -1.81. The number of hydrogen-bond acceptors (Lipinski definition) is 2. The van der Waals surface area contributed by atoms with Crippen LogP contribution in [0.15, 0.2) is 42.7 Å². The lowest BCUT2D eigenvalue weighted by Gasteiger charge is -2.26. The highest BCUT2D eigenvalue weighted by molar-refractivity contribution is 5.28. The van der Waals surface area contributed by atoms with E-state index in [1.54, 1.807) is 12.4 Å². The second-order valence-corrected chi connectivity index (χ2v) is 4.77. The number of nitrogens with one attached hydrogen (secondary N) is 1. The van der Waals surface area contributed by atoms with E-state index in [0.29, 0.717) is 12.1 Å². The summed E-state index contributed by atoms with van der Waals surface area (Å²) in [6.07, 6.45) is 3.41. The molecule has 0 aliphatic carbocycles. The van der Waals surface area contributed by atoms with Gasteiger partial charge in [-0.3, -0.25) is 4.98 Å². The molecule has 0 aliphatic heterocycles. The van der Waals surface area contributed by atoms with Crippen molar-refractivity contribution in [3.63, 3.8) is 0 Å². The number of hydrogen-bond donors (Lipinski definition) is 1. The van der Waals surface area contributed by atoms with E-state index in [1.807, 2.05) is 26.0 Å². The molecule has 1 heterocycles. The highest BCUT2D eigenvalue weighted by Gasteiger charge is 2.23. The minimum Gasteiger partial charge on any atom is -0.310 e. The summed E-state index contributed by atoms with van der Waals surface area (Å²) < 4.78 is 27.4. The lowest BCUT2D eigenvalue weighted by molar-refractivity contribution is 0.451. The molecular formula is C16H18F2N2. The fourth-order valence-electron chi connectivity index (χ4n) is 2.39. The van der Waals surface area contributed by atoms with Crippen LogP contribution in [0, 0.1) is 11.6 Å². The van der Waals surface area contributed by atoms with Gasteiger partial charge in [0.2, 0.25) is 0 Å². The van der Waals surface area contributed by atoms with Crippen LogP contribution in [0.4, 0.5) is 8.78 Å². The molecule has 1 aromatic heterocycles. The third kappa shape index (κ3) is 3.20. The van der Waals surface area contributed by atoms with Crippen LogP contribution in [0.25, 0.3) is 0 Å². The van der Waals surface area contributed by atoms with Crippen molar-refractivity contribution in [2.24, 2.45) is 0 Å². The summed E-state index contributed by atoms with van der Waals surface area (Å²) in [5.41, 5.74) is 1.39. The van der Waals surface area contributed by atoms with Gasteiger partial charge in [-0.05, 0) is 42.4 Å². The SMILES string of the molecule is CCNC(c1cc(F)ccc1F)C(C)c1ccncc1. The number of pyridine rings is 1. The molecule has 0 fully saturated rings. The van der Waals surface area contributed by atoms with Crippen LogP contribution in [0.2, 0.25) is 0 Å². The zero-order chi connectivity index (χ0) is 14.5. The average Bonchev–Trinajstić information content (AvgIpc) is 2.48. The molecule has 0 aliphatic rings. The van der Waals surface area contributed by atoms with E-state index in [4.69, 9.17) is 0 Å². The first-order valence-electron chi connectivity index (χ1n) is 6.71. The maximum atomic E-state index is 14.0. The van der Waals surface area contributed by atoms with Crippen molar-refractivity contribution in [3.8, 4) is 0 Å². The van der Waals surface area contributed by atoms with Gasteiger partial charge in [-0.25, -0.2) is 8.78 Å². The first-order chi connectivity index (χ1) is 9.63. The zero-order valence-corrected chi connectivity index (χ0v) is 11.6. The van der Waals surface area contributed by atoms with E-state index < -0.39 is 11.6 Å². The predicted molar refractivity (Wildman–Crippen MR) is 75.4 cm³/mol. The Morgan fingerprint density at radius 2 is 1.85 bits per heavy atom. The van der Waals surface area contributed by atoms with Crippen LogP contribution in [-0.4, -0.2) is 11.5 Å². The Morgan fingerprint density at radius 3 is 2.50 bits per heavy atom. The quantitative estimate of drug-likeness (QED) is 0.898. The molecule has 2 aromatic rings. The second-order valence-electron chi connectivity index (χ2n) is 4.77. The highest BCUT2D eigenvalue weighted by Crippen LogP contribution is 2.32. The molecule has 1 aromatic carbocycles. The fourth-order valence-corrected chi connectivity index (χ4v) is 2.39. The van der Waals surface area contributed by atoms with Gasteiger partial charge < -0.3 is 5.32 Å². The summed E-state index contributed by atoms with van der Waals surface area (Å²) >= 11 is 0. The van der Waals surface area contributed by atoms with Crippen molar-refractivity contribution in [2.75, 3.05) is 6.54 Å². The molecule has 106 valence electrons. The molecule has 0 spiro atoms. The van der Waals surface area contributed by atoms with E-state index in [-0.39, 0.29) is 12.0 Å². The van der Waals surface area contributed by atoms with Crippen LogP contribution < -0.4 is 5.32 Å². The van der Waals surface area contributed by atoms with Gasteiger partial charge in [-0.1, -0.05) is 13.8 Å². The fraction of sp³-hybridized carbons (Fsp3) is 0.312. The largest absolute Gasteiger partial charge is 0.310 e. The van der Waals surface area contributed by atoms with Crippen molar-refractivity contribution in [3.05, 3.63) is 65.5 Å². The summed E-state index contributed by atoms with van der Waals surface area (Å²) in [6, 6.07) is 7.09. The minimum atomic E-state index is -0.425. The molecule has 0 bridgehead atoms. The van der Waals surface area contributed by atoms with Gasteiger partial charge in [-0.15, -0.1) is 0 Å². The smallest absolute Gasteiger partial charge is 0.128 e. The molecule has 0 saturated heterocycles. The number of nitrogens with zero attached hydrogens (tertiary/aromatic N) is 1. The second kappa shape index (κ2) is 6.57. The van der Waals surface area contributed by atoms with Crippen LogP contribution in [-0.2, 0) is 0 Å². The van der Waals surface area contributed by atoms with E-state index in [1.165, 1.54) is 12.1 Å². The molecule has 1 N–H and O–H groups in total. The third-order valence-electron chi connectivity index (χ3n) is 3.45. The first kappa shape index (κ1) is 14.6. The Kier molecular flexibility index (Phi) is 4.79. The Labute approximate surface area is 117 Å². The number of likely N-dealkylation sites (N-methyl/N-ethyl adjacent to an activating group) is 1. The number of benzene rings is 1. The summed E-state index contributed by atoms with van der Waals surface area (Å²) in [5, 5.41) is 3.24. The van der Waals surface area contributed by atoms with Crippen molar-refractivity contribution in [1.82, 2.24) is 10.3 Å². The van der Waals surface area contributed by atoms with Crippen LogP contribution in [0.1, 0.15) is 36.9 Å². The summed E-state index contributed by atoms with van der Waals surface area (Å²) in [5.74, 6) is -0.807. The number of rotatable bonds is 5. The molecule has 2 nitrogen and oxygen atoms in total. The topological polar surface area (TPSA) is 24.9 Å². The minimum absolute atomic E-state index is 0.00856. The van der Waals surface area contributed by atoms with Crippen LogP contribution >= 0.6 is 0 Å². The van der Waals surface area contributed by atoms with E-state index in [2.05, 4.69) is 10.3 Å². The van der Waals surface area contributed by atoms with E-state index >= 15 is 0 Å². The lowest BCUT2D eigenvalue weighted by atomic mass is 9.88. The van der Waals surface area contributed by atoms with Gasteiger partial charge in [0.05, 0.1) is 0 Å². The van der Waals surface area contributed by atoms with Gasteiger partial charge in [0.25, 0.3) is 0 Å². The zero-order valence-electron chi connectivity index (χ0n) is 11.6. The lowest BCUT2D eigenvalue weighted by Crippen LogP contribution is -2.26. The van der Waals surface area contributed by atoms with Gasteiger partial charge in [0.15, 0.2) is 0 Å². The maximum Gasteiger partial charge on any atom is 0.128 e.